The Morgan fingerprint density at radius 3 is 2.10 bits per heavy atom. The molecular formula is C15H12BrF3N2. The van der Waals surface area contributed by atoms with Crippen LogP contribution in [-0.4, -0.2) is 4.57 Å². The molecule has 3 aromatic rings. The minimum absolute atomic E-state index is 0. The van der Waals surface area contributed by atoms with Gasteiger partial charge in [0.25, 0.3) is 0 Å². The number of benzene rings is 2. The summed E-state index contributed by atoms with van der Waals surface area (Å²) in [5, 5.41) is 0. The minimum atomic E-state index is -4.43. The van der Waals surface area contributed by atoms with Gasteiger partial charge in [-0.15, -0.1) is 0 Å². The molecule has 2 nitrogen and oxygen atoms in total. The number of para-hydroxylation sites is 3. The van der Waals surface area contributed by atoms with E-state index < -0.39 is 12.0 Å². The van der Waals surface area contributed by atoms with Crippen molar-refractivity contribution in [1.82, 2.24) is 4.57 Å². The van der Waals surface area contributed by atoms with E-state index in [0.717, 1.165) is 0 Å². The first-order chi connectivity index (χ1) is 9.50. The van der Waals surface area contributed by atoms with E-state index in [9.17, 15) is 13.2 Å². The van der Waals surface area contributed by atoms with Crippen LogP contribution in [0.15, 0.2) is 54.6 Å². The van der Waals surface area contributed by atoms with Gasteiger partial charge in [-0.05, 0) is 24.3 Å². The highest BCUT2D eigenvalue weighted by Gasteiger charge is 2.46. The Balaban J connectivity index is 0.00000161. The standard InChI is InChI=1S/C15H12F3N2.BrH/c1-19-12-9-5-6-10-13(12)20(14(19)15(16,17)18)11-7-3-2-4-8-11;/h2-10H,1H3;1H/q+1;/p-1. The SMILES string of the molecule is C[n+]1c(C(F)(F)F)n(-c2ccccc2)c2ccccc21.[Br-]. The predicted octanol–water partition coefficient (Wildman–Crippen LogP) is 0.478. The molecule has 0 aliphatic rings. The molecular weight excluding hydrogens is 345 g/mol. The molecule has 1 heterocycles. The number of fused-ring (bicyclic) bond motifs is 1. The number of aromatic nitrogens is 2. The molecule has 110 valence electrons. The third-order valence-electron chi connectivity index (χ3n) is 3.28. The summed E-state index contributed by atoms with van der Waals surface area (Å²) in [6, 6.07) is 15.4. The van der Waals surface area contributed by atoms with Gasteiger partial charge in [0, 0.05) is 0 Å². The second-order valence-electron chi connectivity index (χ2n) is 4.54. The van der Waals surface area contributed by atoms with Crippen LogP contribution in [0.5, 0.6) is 0 Å². The average Bonchev–Trinajstić information content (AvgIpc) is 2.74. The van der Waals surface area contributed by atoms with Crippen molar-refractivity contribution >= 4 is 11.0 Å². The maximum atomic E-state index is 13.4. The Morgan fingerprint density at radius 2 is 1.48 bits per heavy atom. The molecule has 0 saturated heterocycles. The summed E-state index contributed by atoms with van der Waals surface area (Å²) in [5.41, 5.74) is 1.58. The molecule has 1 aromatic heterocycles. The minimum Gasteiger partial charge on any atom is -1.00 e. The Labute approximate surface area is 130 Å². The van der Waals surface area contributed by atoms with Gasteiger partial charge in [-0.25, -0.2) is 4.57 Å². The number of imidazole rings is 1. The molecule has 0 atom stereocenters. The third kappa shape index (κ3) is 2.55. The van der Waals surface area contributed by atoms with Gasteiger partial charge in [0.15, 0.2) is 11.0 Å². The largest absolute Gasteiger partial charge is 1.00 e. The van der Waals surface area contributed by atoms with Crippen molar-refractivity contribution in [1.29, 1.82) is 0 Å². The third-order valence-corrected chi connectivity index (χ3v) is 3.28. The van der Waals surface area contributed by atoms with Crippen molar-refractivity contribution in [3.63, 3.8) is 0 Å². The quantitative estimate of drug-likeness (QED) is 0.561. The van der Waals surface area contributed by atoms with Crippen LogP contribution >= 0.6 is 0 Å². The van der Waals surface area contributed by atoms with E-state index in [-0.39, 0.29) is 17.0 Å². The number of rotatable bonds is 1. The first kappa shape index (κ1) is 15.6. The molecule has 3 rings (SSSR count). The van der Waals surface area contributed by atoms with Crippen LogP contribution < -0.4 is 21.5 Å². The van der Waals surface area contributed by atoms with E-state index in [1.54, 1.807) is 54.6 Å². The average molecular weight is 357 g/mol. The maximum absolute atomic E-state index is 13.4. The van der Waals surface area contributed by atoms with Gasteiger partial charge >= 0.3 is 12.0 Å². The number of alkyl halides is 3. The highest BCUT2D eigenvalue weighted by Crippen LogP contribution is 2.32. The lowest BCUT2D eigenvalue weighted by Crippen LogP contribution is -3.00. The zero-order valence-electron chi connectivity index (χ0n) is 11.1. The first-order valence-electron chi connectivity index (χ1n) is 6.12. The Bertz CT molecular complexity index is 764. The van der Waals surface area contributed by atoms with Crippen molar-refractivity contribution in [2.24, 2.45) is 7.05 Å². The summed E-state index contributed by atoms with van der Waals surface area (Å²) in [6.07, 6.45) is -4.43. The molecule has 0 fully saturated rings. The van der Waals surface area contributed by atoms with Crippen LogP contribution in [0.3, 0.4) is 0 Å². The first-order valence-corrected chi connectivity index (χ1v) is 6.12. The maximum Gasteiger partial charge on any atom is 0.495 e. The van der Waals surface area contributed by atoms with Gasteiger partial charge in [0.2, 0.25) is 0 Å². The lowest BCUT2D eigenvalue weighted by Gasteiger charge is -2.05. The summed E-state index contributed by atoms with van der Waals surface area (Å²) in [6.45, 7) is 0. The van der Waals surface area contributed by atoms with E-state index in [2.05, 4.69) is 0 Å². The molecule has 0 aliphatic carbocycles. The van der Waals surface area contributed by atoms with Crippen LogP contribution in [-0.2, 0) is 13.2 Å². The molecule has 6 heteroatoms. The molecule has 0 unspecified atom stereocenters. The number of hydrogen-bond acceptors (Lipinski definition) is 0. The molecule has 0 saturated carbocycles. The topological polar surface area (TPSA) is 8.81 Å². The summed E-state index contributed by atoms with van der Waals surface area (Å²) in [7, 11) is 1.44. The van der Waals surface area contributed by atoms with E-state index >= 15 is 0 Å². The molecule has 0 bridgehead atoms. The van der Waals surface area contributed by atoms with E-state index in [1.807, 2.05) is 0 Å². The highest BCUT2D eigenvalue weighted by atomic mass is 79.9. The molecule has 0 spiro atoms. The molecule has 0 amide bonds. The second-order valence-corrected chi connectivity index (χ2v) is 4.54. The van der Waals surface area contributed by atoms with E-state index in [0.29, 0.717) is 16.7 Å². The van der Waals surface area contributed by atoms with Crippen molar-refractivity contribution in [2.75, 3.05) is 0 Å². The van der Waals surface area contributed by atoms with E-state index in [4.69, 9.17) is 0 Å². The zero-order chi connectivity index (χ0) is 14.3. The fourth-order valence-electron chi connectivity index (χ4n) is 2.47. The van der Waals surface area contributed by atoms with E-state index in [1.165, 1.54) is 16.2 Å². The van der Waals surface area contributed by atoms with Crippen LogP contribution in [0.4, 0.5) is 13.2 Å². The second kappa shape index (κ2) is 5.52. The van der Waals surface area contributed by atoms with Crippen molar-refractivity contribution in [3.05, 3.63) is 60.4 Å². The molecule has 2 aromatic carbocycles. The number of hydrogen-bond donors (Lipinski definition) is 0. The van der Waals surface area contributed by atoms with Crippen LogP contribution in [0.1, 0.15) is 5.82 Å². The number of halogens is 4. The molecule has 21 heavy (non-hydrogen) atoms. The van der Waals surface area contributed by atoms with Crippen molar-refractivity contribution < 1.29 is 34.7 Å². The summed E-state index contributed by atoms with van der Waals surface area (Å²) < 4.78 is 42.6. The Kier molecular flexibility index (Phi) is 4.09. The van der Waals surface area contributed by atoms with Crippen molar-refractivity contribution in [2.45, 2.75) is 6.18 Å². The molecule has 0 aliphatic heterocycles. The summed E-state index contributed by atoms with van der Waals surface area (Å²) in [4.78, 5) is 0. The van der Waals surface area contributed by atoms with Gasteiger partial charge in [-0.2, -0.15) is 17.7 Å². The highest BCUT2D eigenvalue weighted by molar-refractivity contribution is 5.74. The van der Waals surface area contributed by atoms with Crippen LogP contribution in [0.25, 0.3) is 16.7 Å². The number of aryl methyl sites for hydroxylation is 1. The lowest BCUT2D eigenvalue weighted by atomic mass is 10.3. The molecule has 0 radical (unpaired) electrons. The Hall–Kier alpha value is -1.82. The van der Waals surface area contributed by atoms with Crippen LogP contribution in [0.2, 0.25) is 0 Å². The fourth-order valence-corrected chi connectivity index (χ4v) is 2.47. The van der Waals surface area contributed by atoms with Gasteiger partial charge in [-0.1, -0.05) is 30.3 Å². The normalized spacial score (nSPS) is 11.4. The monoisotopic (exact) mass is 356 g/mol. The summed E-state index contributed by atoms with van der Waals surface area (Å²) >= 11 is 0. The zero-order valence-corrected chi connectivity index (χ0v) is 12.7. The fraction of sp³-hybridized carbons (Fsp3) is 0.133. The lowest BCUT2D eigenvalue weighted by molar-refractivity contribution is -0.667. The van der Waals surface area contributed by atoms with Gasteiger partial charge in [0.05, 0.1) is 7.05 Å². The molecule has 0 N–H and O–H groups in total. The van der Waals surface area contributed by atoms with Gasteiger partial charge in [0.1, 0.15) is 5.69 Å². The van der Waals surface area contributed by atoms with Crippen LogP contribution in [0, 0.1) is 0 Å². The summed E-state index contributed by atoms with van der Waals surface area (Å²) in [5.74, 6) is -0.690. The number of nitrogens with zero attached hydrogens (tertiary/aromatic N) is 2. The van der Waals surface area contributed by atoms with Gasteiger partial charge in [-0.3, -0.25) is 0 Å². The van der Waals surface area contributed by atoms with Crippen molar-refractivity contribution in [3.8, 4) is 5.69 Å². The smallest absolute Gasteiger partial charge is 0.495 e. The Morgan fingerprint density at radius 1 is 0.905 bits per heavy atom. The van der Waals surface area contributed by atoms with Gasteiger partial charge < -0.3 is 17.0 Å². The predicted molar refractivity (Wildman–Crippen MR) is 69.5 cm³/mol.